The topological polar surface area (TPSA) is 106 Å². The quantitative estimate of drug-likeness (QED) is 0.508. The van der Waals surface area contributed by atoms with Gasteiger partial charge >= 0.3 is 6.03 Å². The molecule has 8 heteroatoms. The van der Waals surface area contributed by atoms with Crippen LogP contribution in [0.15, 0.2) is 59.5 Å². The van der Waals surface area contributed by atoms with E-state index in [2.05, 4.69) is 20.9 Å². The first-order valence-corrected chi connectivity index (χ1v) is 9.70. The zero-order chi connectivity index (χ0) is 22.5. The van der Waals surface area contributed by atoms with Crippen molar-refractivity contribution in [2.45, 2.75) is 6.92 Å². The van der Waals surface area contributed by atoms with Gasteiger partial charge in [0, 0.05) is 49.8 Å². The smallest absolute Gasteiger partial charge is 0.319 e. The van der Waals surface area contributed by atoms with Crippen LogP contribution in [0.3, 0.4) is 0 Å². The van der Waals surface area contributed by atoms with Gasteiger partial charge in [-0.2, -0.15) is 0 Å². The lowest BCUT2D eigenvalue weighted by Crippen LogP contribution is -2.27. The first-order valence-electron chi connectivity index (χ1n) is 9.70. The largest absolute Gasteiger partial charge is 0.378 e. The zero-order valence-corrected chi connectivity index (χ0v) is 17.9. The SMILES string of the molecule is CNC(=O)Nc1cc(-c2cccc(NC(=O)c3ccc(N(C)C)cc3)c2C)c[nH]c1=O. The van der Waals surface area contributed by atoms with Gasteiger partial charge in [0.05, 0.1) is 0 Å². The number of anilines is 3. The van der Waals surface area contributed by atoms with Gasteiger partial charge in [-0.1, -0.05) is 12.1 Å². The number of pyridine rings is 1. The summed E-state index contributed by atoms with van der Waals surface area (Å²) in [5.41, 5.74) is 4.30. The Morgan fingerprint density at radius 2 is 1.68 bits per heavy atom. The highest BCUT2D eigenvalue weighted by Gasteiger charge is 2.13. The second-order valence-electron chi connectivity index (χ2n) is 7.21. The number of H-pyrrole nitrogens is 1. The van der Waals surface area contributed by atoms with E-state index in [0.29, 0.717) is 16.8 Å². The number of aromatic amines is 1. The molecule has 0 aliphatic carbocycles. The molecule has 0 saturated carbocycles. The third kappa shape index (κ3) is 4.92. The third-order valence-corrected chi connectivity index (χ3v) is 4.92. The Kier molecular flexibility index (Phi) is 6.40. The zero-order valence-electron chi connectivity index (χ0n) is 17.9. The minimum Gasteiger partial charge on any atom is -0.378 e. The van der Waals surface area contributed by atoms with E-state index >= 15 is 0 Å². The van der Waals surface area contributed by atoms with Crippen LogP contribution in [0.4, 0.5) is 21.9 Å². The molecule has 0 radical (unpaired) electrons. The normalized spacial score (nSPS) is 10.3. The van der Waals surface area contributed by atoms with Crippen molar-refractivity contribution in [2.24, 2.45) is 0 Å². The van der Waals surface area contributed by atoms with Crippen molar-refractivity contribution in [3.63, 3.8) is 0 Å². The van der Waals surface area contributed by atoms with E-state index in [1.807, 2.05) is 56.3 Å². The molecule has 0 spiro atoms. The summed E-state index contributed by atoms with van der Waals surface area (Å²) in [4.78, 5) is 40.9. The molecule has 1 heterocycles. The molecule has 31 heavy (non-hydrogen) atoms. The van der Waals surface area contributed by atoms with Gasteiger partial charge in [-0.15, -0.1) is 0 Å². The number of urea groups is 1. The Morgan fingerprint density at radius 1 is 0.968 bits per heavy atom. The van der Waals surface area contributed by atoms with Crippen LogP contribution < -0.4 is 26.4 Å². The summed E-state index contributed by atoms with van der Waals surface area (Å²) in [6.45, 7) is 1.89. The lowest BCUT2D eigenvalue weighted by molar-refractivity contribution is 0.102. The molecule has 3 amide bonds. The summed E-state index contributed by atoms with van der Waals surface area (Å²) < 4.78 is 0. The molecule has 0 saturated heterocycles. The van der Waals surface area contributed by atoms with Gasteiger partial charge in [-0.05, 0) is 54.4 Å². The number of nitrogens with zero attached hydrogens (tertiary/aromatic N) is 1. The molecular formula is C23H25N5O3. The Hall–Kier alpha value is -4.07. The van der Waals surface area contributed by atoms with Gasteiger partial charge in [0.2, 0.25) is 0 Å². The number of rotatable bonds is 5. The maximum absolute atomic E-state index is 12.7. The molecule has 0 atom stereocenters. The fourth-order valence-corrected chi connectivity index (χ4v) is 3.11. The first-order chi connectivity index (χ1) is 14.8. The van der Waals surface area contributed by atoms with Crippen molar-refractivity contribution in [2.75, 3.05) is 36.7 Å². The van der Waals surface area contributed by atoms with Crippen molar-refractivity contribution in [1.82, 2.24) is 10.3 Å². The summed E-state index contributed by atoms with van der Waals surface area (Å²) in [6.07, 6.45) is 1.57. The molecule has 0 bridgehead atoms. The summed E-state index contributed by atoms with van der Waals surface area (Å²) in [6, 6.07) is 14.0. The van der Waals surface area contributed by atoms with Crippen molar-refractivity contribution >= 4 is 29.0 Å². The molecule has 2 aromatic carbocycles. The number of hydrogen-bond donors (Lipinski definition) is 4. The van der Waals surface area contributed by atoms with Crippen LogP contribution in [-0.2, 0) is 0 Å². The lowest BCUT2D eigenvalue weighted by atomic mass is 10.00. The van der Waals surface area contributed by atoms with Gasteiger partial charge in [0.1, 0.15) is 5.69 Å². The highest BCUT2D eigenvalue weighted by molar-refractivity contribution is 6.05. The molecule has 160 valence electrons. The van der Waals surface area contributed by atoms with Crippen LogP contribution in [0, 0.1) is 6.92 Å². The van der Waals surface area contributed by atoms with Crippen LogP contribution in [-0.4, -0.2) is 38.1 Å². The van der Waals surface area contributed by atoms with E-state index in [1.54, 1.807) is 24.4 Å². The van der Waals surface area contributed by atoms with E-state index < -0.39 is 11.6 Å². The monoisotopic (exact) mass is 419 g/mol. The lowest BCUT2D eigenvalue weighted by Gasteiger charge is -2.15. The summed E-state index contributed by atoms with van der Waals surface area (Å²) >= 11 is 0. The van der Waals surface area contributed by atoms with Gasteiger partial charge in [-0.25, -0.2) is 4.79 Å². The van der Waals surface area contributed by atoms with Crippen molar-refractivity contribution < 1.29 is 9.59 Å². The van der Waals surface area contributed by atoms with Crippen LogP contribution in [0.1, 0.15) is 15.9 Å². The second-order valence-corrected chi connectivity index (χ2v) is 7.21. The summed E-state index contributed by atoms with van der Waals surface area (Å²) in [5.74, 6) is -0.214. The van der Waals surface area contributed by atoms with Crippen molar-refractivity contribution in [3.05, 3.63) is 76.2 Å². The van der Waals surface area contributed by atoms with E-state index in [4.69, 9.17) is 0 Å². The predicted octanol–water partition coefficient (Wildman–Crippen LogP) is 3.42. The fourth-order valence-electron chi connectivity index (χ4n) is 3.11. The molecule has 0 fully saturated rings. The van der Waals surface area contributed by atoms with Crippen molar-refractivity contribution in [3.8, 4) is 11.1 Å². The number of carbonyl (C=O) groups excluding carboxylic acids is 2. The maximum Gasteiger partial charge on any atom is 0.319 e. The fraction of sp³-hybridized carbons (Fsp3) is 0.174. The predicted molar refractivity (Wildman–Crippen MR) is 124 cm³/mol. The maximum atomic E-state index is 12.7. The number of hydrogen-bond acceptors (Lipinski definition) is 4. The van der Waals surface area contributed by atoms with E-state index in [9.17, 15) is 14.4 Å². The average molecular weight is 419 g/mol. The highest BCUT2D eigenvalue weighted by Crippen LogP contribution is 2.29. The Morgan fingerprint density at radius 3 is 2.32 bits per heavy atom. The van der Waals surface area contributed by atoms with Crippen molar-refractivity contribution in [1.29, 1.82) is 0 Å². The molecule has 0 aliphatic rings. The van der Waals surface area contributed by atoms with Gasteiger partial charge < -0.3 is 25.8 Å². The molecule has 0 unspecified atom stereocenters. The average Bonchev–Trinajstić information content (AvgIpc) is 2.76. The standard InChI is InChI=1S/C23H25N5O3/c1-14-18(16-12-20(22(30)25-13-16)27-23(31)24-2)6-5-7-19(14)26-21(29)15-8-10-17(11-9-15)28(3)4/h5-13H,1-4H3,(H,25,30)(H,26,29)(H2,24,27,31). The van der Waals surface area contributed by atoms with E-state index in [1.165, 1.54) is 7.05 Å². The van der Waals surface area contributed by atoms with Crippen LogP contribution in [0.2, 0.25) is 0 Å². The van der Waals surface area contributed by atoms with Gasteiger partial charge in [0.25, 0.3) is 11.5 Å². The molecular weight excluding hydrogens is 394 g/mol. The molecule has 3 rings (SSSR count). The van der Waals surface area contributed by atoms with Crippen LogP contribution in [0.25, 0.3) is 11.1 Å². The van der Waals surface area contributed by atoms with Crippen LogP contribution >= 0.6 is 0 Å². The minimum absolute atomic E-state index is 0.131. The molecule has 4 N–H and O–H groups in total. The van der Waals surface area contributed by atoms with Gasteiger partial charge in [-0.3, -0.25) is 9.59 Å². The molecule has 1 aromatic heterocycles. The van der Waals surface area contributed by atoms with E-state index in [-0.39, 0.29) is 11.6 Å². The van der Waals surface area contributed by atoms with Crippen LogP contribution in [0.5, 0.6) is 0 Å². The number of aromatic nitrogens is 1. The number of amides is 3. The second kappa shape index (κ2) is 9.17. The number of benzene rings is 2. The Bertz CT molecular complexity index is 1170. The number of nitrogens with one attached hydrogen (secondary N) is 4. The summed E-state index contributed by atoms with van der Waals surface area (Å²) in [5, 5.41) is 7.87. The summed E-state index contributed by atoms with van der Waals surface area (Å²) in [7, 11) is 5.35. The molecule has 8 nitrogen and oxygen atoms in total. The van der Waals surface area contributed by atoms with Gasteiger partial charge in [0.15, 0.2) is 0 Å². The Balaban J connectivity index is 1.88. The first kappa shape index (κ1) is 21.6. The molecule has 0 aliphatic heterocycles. The van der Waals surface area contributed by atoms with E-state index in [0.717, 1.165) is 16.8 Å². The number of carbonyl (C=O) groups is 2. The molecule has 3 aromatic rings. The third-order valence-electron chi connectivity index (χ3n) is 4.92. The Labute approximate surface area is 180 Å². The minimum atomic E-state index is -0.485. The highest BCUT2D eigenvalue weighted by atomic mass is 16.2.